The molecule has 0 fully saturated rings. The van der Waals surface area contributed by atoms with Crippen molar-refractivity contribution in [1.29, 1.82) is 0 Å². The van der Waals surface area contributed by atoms with Gasteiger partial charge >= 0.3 is 12.0 Å². The van der Waals surface area contributed by atoms with Crippen molar-refractivity contribution in [3.63, 3.8) is 0 Å². The second-order valence-electron chi connectivity index (χ2n) is 6.34. The van der Waals surface area contributed by atoms with Gasteiger partial charge in [-0.3, -0.25) is 4.79 Å². The summed E-state index contributed by atoms with van der Waals surface area (Å²) in [4.78, 5) is 26.5. The smallest absolute Gasteiger partial charge is 0.320 e. The number of rotatable bonds is 5. The van der Waals surface area contributed by atoms with E-state index in [1.54, 1.807) is 16.8 Å². The van der Waals surface area contributed by atoms with Crippen molar-refractivity contribution in [3.8, 4) is 0 Å². The minimum absolute atomic E-state index is 0.0348. The third-order valence-electron chi connectivity index (χ3n) is 3.47. The summed E-state index contributed by atoms with van der Waals surface area (Å²) < 4.78 is 0. The Labute approximate surface area is 116 Å². The summed E-state index contributed by atoms with van der Waals surface area (Å²) in [7, 11) is 1.77. The molecule has 0 saturated carbocycles. The minimum atomic E-state index is -0.887. The predicted octanol–water partition coefficient (Wildman–Crippen LogP) is 2.66. The first kappa shape index (κ1) is 17.7. The highest BCUT2D eigenvalue weighted by Gasteiger charge is 2.31. The predicted molar refractivity (Wildman–Crippen MR) is 76.2 cm³/mol. The second kappa shape index (κ2) is 6.78. The number of hydrogen-bond acceptors (Lipinski definition) is 2. The third-order valence-corrected chi connectivity index (χ3v) is 3.47. The molecule has 0 aliphatic rings. The van der Waals surface area contributed by atoms with Crippen molar-refractivity contribution in [2.75, 3.05) is 13.6 Å². The van der Waals surface area contributed by atoms with Gasteiger partial charge in [-0.25, -0.2) is 4.79 Å². The van der Waals surface area contributed by atoms with Crippen LogP contribution in [0.15, 0.2) is 0 Å². The second-order valence-corrected chi connectivity index (χ2v) is 6.34. The van der Waals surface area contributed by atoms with E-state index in [0.717, 1.165) is 0 Å². The molecule has 5 nitrogen and oxygen atoms in total. The molecule has 1 N–H and O–H groups in total. The monoisotopic (exact) mass is 272 g/mol. The lowest BCUT2D eigenvalue weighted by atomic mass is 10.0. The maximum Gasteiger partial charge on any atom is 0.320 e. The number of hydrogen-bond donors (Lipinski definition) is 1. The molecule has 2 amide bonds. The Bertz CT molecular complexity index is 321. The van der Waals surface area contributed by atoms with Crippen LogP contribution in [-0.2, 0) is 4.79 Å². The molecule has 0 saturated heterocycles. The maximum atomic E-state index is 12.5. The molecule has 0 rings (SSSR count). The molecule has 0 aliphatic carbocycles. The number of carboxylic acid groups (broad SMARTS) is 1. The number of aliphatic carboxylic acids is 1. The van der Waals surface area contributed by atoms with Gasteiger partial charge in [-0.15, -0.1) is 0 Å². The number of carboxylic acids is 1. The molecular weight excluding hydrogens is 244 g/mol. The average molecular weight is 272 g/mol. The van der Waals surface area contributed by atoms with E-state index in [1.807, 2.05) is 27.7 Å². The lowest BCUT2D eigenvalue weighted by Crippen LogP contribution is -2.54. The van der Waals surface area contributed by atoms with E-state index in [0.29, 0.717) is 5.92 Å². The van der Waals surface area contributed by atoms with Crippen molar-refractivity contribution < 1.29 is 14.7 Å². The molecule has 1 atom stereocenters. The van der Waals surface area contributed by atoms with E-state index in [-0.39, 0.29) is 25.0 Å². The van der Waals surface area contributed by atoms with Crippen LogP contribution in [0.5, 0.6) is 0 Å². The average Bonchev–Trinajstić information content (AvgIpc) is 2.24. The molecule has 0 aliphatic heterocycles. The molecule has 0 aromatic heterocycles. The molecular formula is C14H28N2O3. The number of amides is 2. The Morgan fingerprint density at radius 2 is 1.63 bits per heavy atom. The number of urea groups is 1. The van der Waals surface area contributed by atoms with Gasteiger partial charge < -0.3 is 14.9 Å². The highest BCUT2D eigenvalue weighted by Crippen LogP contribution is 2.18. The Hall–Kier alpha value is -1.26. The van der Waals surface area contributed by atoms with Gasteiger partial charge in [-0.05, 0) is 33.6 Å². The van der Waals surface area contributed by atoms with Crippen LogP contribution in [-0.4, -0.2) is 52.1 Å². The van der Waals surface area contributed by atoms with Gasteiger partial charge in [0.05, 0.1) is 6.42 Å². The zero-order valence-corrected chi connectivity index (χ0v) is 13.2. The van der Waals surface area contributed by atoms with Crippen LogP contribution < -0.4 is 0 Å². The van der Waals surface area contributed by atoms with Gasteiger partial charge in [0.15, 0.2) is 0 Å². The summed E-state index contributed by atoms with van der Waals surface area (Å²) in [6.07, 6.45) is -0.0348. The van der Waals surface area contributed by atoms with Gasteiger partial charge in [-0.1, -0.05) is 13.8 Å². The molecule has 0 bridgehead atoms. The van der Waals surface area contributed by atoms with Crippen LogP contribution in [0, 0.1) is 5.92 Å². The number of carbonyl (C=O) groups is 2. The summed E-state index contributed by atoms with van der Waals surface area (Å²) >= 11 is 0. The standard InChI is InChI=1S/C14H28N2O3/c1-10(2)11(3)15(7)13(19)16(14(4,5)6)9-8-12(17)18/h10-11H,8-9H2,1-7H3,(H,17,18). The van der Waals surface area contributed by atoms with Gasteiger partial charge in [-0.2, -0.15) is 0 Å². The summed E-state index contributed by atoms with van der Waals surface area (Å²) in [6, 6.07) is -0.00266. The van der Waals surface area contributed by atoms with E-state index in [2.05, 4.69) is 13.8 Å². The van der Waals surface area contributed by atoms with Crippen LogP contribution >= 0.6 is 0 Å². The van der Waals surface area contributed by atoms with Crippen molar-refractivity contribution in [1.82, 2.24) is 9.80 Å². The van der Waals surface area contributed by atoms with E-state index in [9.17, 15) is 9.59 Å². The summed E-state index contributed by atoms with van der Waals surface area (Å²) in [5.74, 6) is -0.531. The molecule has 5 heteroatoms. The fourth-order valence-electron chi connectivity index (χ4n) is 1.74. The molecule has 19 heavy (non-hydrogen) atoms. The number of nitrogens with zero attached hydrogens (tertiary/aromatic N) is 2. The zero-order chi connectivity index (χ0) is 15.4. The van der Waals surface area contributed by atoms with Gasteiger partial charge in [0.2, 0.25) is 0 Å². The van der Waals surface area contributed by atoms with Crippen molar-refractivity contribution in [3.05, 3.63) is 0 Å². The molecule has 0 spiro atoms. The maximum absolute atomic E-state index is 12.5. The highest BCUT2D eigenvalue weighted by atomic mass is 16.4. The fraction of sp³-hybridized carbons (Fsp3) is 0.857. The zero-order valence-electron chi connectivity index (χ0n) is 13.2. The number of carbonyl (C=O) groups excluding carboxylic acids is 1. The van der Waals surface area contributed by atoms with Gasteiger partial charge in [0.1, 0.15) is 0 Å². The van der Waals surface area contributed by atoms with Crippen LogP contribution in [0.25, 0.3) is 0 Å². The van der Waals surface area contributed by atoms with E-state index in [4.69, 9.17) is 5.11 Å². The van der Waals surface area contributed by atoms with Gasteiger partial charge in [0.25, 0.3) is 0 Å². The van der Waals surface area contributed by atoms with Crippen LogP contribution in [0.1, 0.15) is 48.0 Å². The molecule has 112 valence electrons. The lowest BCUT2D eigenvalue weighted by Gasteiger charge is -2.40. The van der Waals surface area contributed by atoms with E-state index >= 15 is 0 Å². The Morgan fingerprint density at radius 1 is 1.16 bits per heavy atom. The van der Waals surface area contributed by atoms with Crippen LogP contribution in [0.4, 0.5) is 4.79 Å². The Morgan fingerprint density at radius 3 is 1.95 bits per heavy atom. The first-order chi connectivity index (χ1) is 8.48. The lowest BCUT2D eigenvalue weighted by molar-refractivity contribution is -0.137. The normalized spacial score (nSPS) is 13.3. The highest BCUT2D eigenvalue weighted by molar-refractivity contribution is 5.76. The van der Waals surface area contributed by atoms with E-state index in [1.165, 1.54) is 0 Å². The molecule has 0 aromatic rings. The minimum Gasteiger partial charge on any atom is -0.481 e. The largest absolute Gasteiger partial charge is 0.481 e. The SMILES string of the molecule is CC(C)C(C)N(C)C(=O)N(CCC(=O)O)C(C)(C)C. The Balaban J connectivity index is 4.96. The third kappa shape index (κ3) is 5.49. The topological polar surface area (TPSA) is 60.9 Å². The van der Waals surface area contributed by atoms with E-state index < -0.39 is 11.5 Å². The quantitative estimate of drug-likeness (QED) is 0.837. The first-order valence-electron chi connectivity index (χ1n) is 6.74. The van der Waals surface area contributed by atoms with Gasteiger partial charge in [0, 0.05) is 25.2 Å². The Kier molecular flexibility index (Phi) is 6.33. The summed E-state index contributed by atoms with van der Waals surface area (Å²) in [5, 5.41) is 8.79. The summed E-state index contributed by atoms with van der Waals surface area (Å²) in [6.45, 7) is 12.1. The fourth-order valence-corrected chi connectivity index (χ4v) is 1.74. The van der Waals surface area contributed by atoms with Crippen molar-refractivity contribution in [2.45, 2.75) is 59.5 Å². The van der Waals surface area contributed by atoms with Crippen molar-refractivity contribution >= 4 is 12.0 Å². The van der Waals surface area contributed by atoms with Crippen LogP contribution in [0.3, 0.4) is 0 Å². The molecule has 0 radical (unpaired) electrons. The molecule has 0 aromatic carbocycles. The first-order valence-corrected chi connectivity index (χ1v) is 6.74. The van der Waals surface area contributed by atoms with Crippen LogP contribution in [0.2, 0.25) is 0 Å². The molecule has 0 heterocycles. The van der Waals surface area contributed by atoms with Crippen molar-refractivity contribution in [2.24, 2.45) is 5.92 Å². The summed E-state index contributed by atoms with van der Waals surface area (Å²) in [5.41, 5.74) is -0.391. The molecule has 1 unspecified atom stereocenters.